The second kappa shape index (κ2) is 6.89. The van der Waals surface area contributed by atoms with Crippen LogP contribution < -0.4 is 10.6 Å². The van der Waals surface area contributed by atoms with E-state index in [4.69, 9.17) is 0 Å². The molecule has 0 radical (unpaired) electrons. The number of amides is 2. The number of hydrogen-bond acceptors (Lipinski definition) is 3. The molecule has 2 heterocycles. The van der Waals surface area contributed by atoms with Crippen LogP contribution in [0.3, 0.4) is 0 Å². The summed E-state index contributed by atoms with van der Waals surface area (Å²) in [5.74, 6) is 0.296. The molecule has 2 saturated heterocycles. The van der Waals surface area contributed by atoms with Crippen LogP contribution in [0, 0.1) is 23.6 Å². The van der Waals surface area contributed by atoms with E-state index in [1.165, 1.54) is 12.1 Å². The van der Waals surface area contributed by atoms with E-state index in [0.29, 0.717) is 23.8 Å². The van der Waals surface area contributed by atoms with Crippen LogP contribution >= 0.6 is 0 Å². The monoisotopic (exact) mass is 333 g/mol. The predicted octanol–water partition coefficient (Wildman–Crippen LogP) is 2.10. The van der Waals surface area contributed by atoms with Crippen LogP contribution in [0.15, 0.2) is 18.2 Å². The fraction of sp³-hybridized carbons (Fsp3) is 0.556. The van der Waals surface area contributed by atoms with E-state index >= 15 is 0 Å². The highest BCUT2D eigenvalue weighted by Gasteiger charge is 2.38. The molecule has 2 amide bonds. The molecule has 2 aliphatic heterocycles. The molecular weight excluding hydrogens is 309 g/mol. The standard InChI is InChI=1S/C18H24FN3O2/c1-11(2)5-17(23)21-16-4-3-12(6-15(16)19)18(24)22-9-13-7-20-8-14(13)10-22/h3-4,6,11,13-14,20H,5,7-10H2,1-2H3,(H,21,23)/t13-,14+. The predicted molar refractivity (Wildman–Crippen MR) is 90.2 cm³/mol. The lowest BCUT2D eigenvalue weighted by molar-refractivity contribution is -0.116. The molecule has 1 aromatic carbocycles. The van der Waals surface area contributed by atoms with Crippen molar-refractivity contribution in [1.82, 2.24) is 10.2 Å². The van der Waals surface area contributed by atoms with Crippen molar-refractivity contribution in [2.75, 3.05) is 31.5 Å². The molecule has 2 aliphatic rings. The molecule has 0 aliphatic carbocycles. The lowest BCUT2D eigenvalue weighted by Crippen LogP contribution is -2.32. The van der Waals surface area contributed by atoms with Crippen molar-refractivity contribution < 1.29 is 14.0 Å². The highest BCUT2D eigenvalue weighted by Crippen LogP contribution is 2.28. The Kier molecular flexibility index (Phi) is 4.85. The third kappa shape index (κ3) is 3.59. The Bertz CT molecular complexity index is 635. The summed E-state index contributed by atoms with van der Waals surface area (Å²) < 4.78 is 14.2. The molecule has 0 saturated carbocycles. The summed E-state index contributed by atoms with van der Waals surface area (Å²) in [6.45, 7) is 7.21. The van der Waals surface area contributed by atoms with E-state index in [1.54, 1.807) is 6.07 Å². The Hall–Kier alpha value is -1.95. The Balaban J connectivity index is 1.66. The van der Waals surface area contributed by atoms with E-state index in [1.807, 2.05) is 18.7 Å². The SMILES string of the molecule is CC(C)CC(=O)Nc1ccc(C(=O)N2C[C@H]3CNC[C@H]3C2)cc1F. The fourth-order valence-corrected chi connectivity index (χ4v) is 3.53. The average Bonchev–Trinajstić information content (AvgIpc) is 3.09. The smallest absolute Gasteiger partial charge is 0.253 e. The minimum Gasteiger partial charge on any atom is -0.338 e. The first-order valence-electron chi connectivity index (χ1n) is 8.53. The maximum atomic E-state index is 14.2. The summed E-state index contributed by atoms with van der Waals surface area (Å²) >= 11 is 0. The van der Waals surface area contributed by atoms with Crippen molar-refractivity contribution in [3.63, 3.8) is 0 Å². The van der Waals surface area contributed by atoms with Crippen molar-refractivity contribution in [1.29, 1.82) is 0 Å². The van der Waals surface area contributed by atoms with Crippen molar-refractivity contribution in [2.24, 2.45) is 17.8 Å². The number of hydrogen-bond donors (Lipinski definition) is 2. The third-order valence-corrected chi connectivity index (χ3v) is 4.76. The molecule has 0 aromatic heterocycles. The molecular formula is C18H24FN3O2. The van der Waals surface area contributed by atoms with Crippen LogP contribution in [-0.2, 0) is 4.79 Å². The van der Waals surface area contributed by atoms with Gasteiger partial charge in [0.25, 0.3) is 5.91 Å². The highest BCUT2D eigenvalue weighted by molar-refractivity contribution is 5.96. The van der Waals surface area contributed by atoms with Gasteiger partial charge in [0.1, 0.15) is 5.82 Å². The van der Waals surface area contributed by atoms with Gasteiger partial charge in [-0.25, -0.2) is 4.39 Å². The van der Waals surface area contributed by atoms with Crippen LogP contribution in [0.4, 0.5) is 10.1 Å². The number of fused-ring (bicyclic) bond motifs is 1. The molecule has 2 N–H and O–H groups in total. The van der Waals surface area contributed by atoms with E-state index in [0.717, 1.165) is 26.2 Å². The molecule has 6 heteroatoms. The van der Waals surface area contributed by atoms with Crippen molar-refractivity contribution in [2.45, 2.75) is 20.3 Å². The van der Waals surface area contributed by atoms with Crippen LogP contribution in [0.1, 0.15) is 30.6 Å². The molecule has 0 spiro atoms. The van der Waals surface area contributed by atoms with Crippen molar-refractivity contribution >= 4 is 17.5 Å². The van der Waals surface area contributed by atoms with Gasteiger partial charge in [0.2, 0.25) is 5.91 Å². The molecule has 3 rings (SSSR count). The number of benzene rings is 1. The summed E-state index contributed by atoms with van der Waals surface area (Å²) in [4.78, 5) is 26.1. The van der Waals surface area contributed by atoms with Gasteiger partial charge in [-0.3, -0.25) is 9.59 Å². The minimum atomic E-state index is -0.570. The van der Waals surface area contributed by atoms with Gasteiger partial charge in [0.05, 0.1) is 5.69 Å². The normalized spacial score (nSPS) is 22.8. The Morgan fingerprint density at radius 3 is 2.54 bits per heavy atom. The maximum absolute atomic E-state index is 14.2. The molecule has 0 bridgehead atoms. The lowest BCUT2D eigenvalue weighted by atomic mass is 10.0. The van der Waals surface area contributed by atoms with Gasteiger partial charge in [0, 0.05) is 38.2 Å². The second-order valence-corrected chi connectivity index (χ2v) is 7.23. The zero-order valence-electron chi connectivity index (χ0n) is 14.1. The first kappa shape index (κ1) is 16.9. The molecule has 0 unspecified atom stereocenters. The highest BCUT2D eigenvalue weighted by atomic mass is 19.1. The van der Waals surface area contributed by atoms with Gasteiger partial charge >= 0.3 is 0 Å². The maximum Gasteiger partial charge on any atom is 0.253 e. The first-order valence-corrected chi connectivity index (χ1v) is 8.53. The zero-order valence-corrected chi connectivity index (χ0v) is 14.1. The van der Waals surface area contributed by atoms with Crippen LogP contribution in [-0.4, -0.2) is 42.9 Å². The number of anilines is 1. The number of rotatable bonds is 4. The third-order valence-electron chi connectivity index (χ3n) is 4.76. The van der Waals surface area contributed by atoms with E-state index in [-0.39, 0.29) is 23.4 Å². The topological polar surface area (TPSA) is 61.4 Å². The molecule has 5 nitrogen and oxygen atoms in total. The summed E-state index contributed by atoms with van der Waals surface area (Å²) in [5, 5.41) is 5.90. The van der Waals surface area contributed by atoms with E-state index < -0.39 is 5.82 Å². The molecule has 2 atom stereocenters. The number of carbonyl (C=O) groups excluding carboxylic acids is 2. The van der Waals surface area contributed by atoms with Crippen LogP contribution in [0.25, 0.3) is 0 Å². The Morgan fingerprint density at radius 2 is 1.96 bits per heavy atom. The average molecular weight is 333 g/mol. The summed E-state index contributed by atoms with van der Waals surface area (Å²) in [6, 6.07) is 4.28. The van der Waals surface area contributed by atoms with Crippen molar-refractivity contribution in [3.05, 3.63) is 29.6 Å². The van der Waals surface area contributed by atoms with E-state index in [2.05, 4.69) is 10.6 Å². The molecule has 24 heavy (non-hydrogen) atoms. The zero-order chi connectivity index (χ0) is 17.3. The van der Waals surface area contributed by atoms with Gasteiger partial charge in [-0.05, 0) is 36.0 Å². The first-order chi connectivity index (χ1) is 11.4. The van der Waals surface area contributed by atoms with E-state index in [9.17, 15) is 14.0 Å². The summed E-state index contributed by atoms with van der Waals surface area (Å²) in [6.07, 6.45) is 0.338. The van der Waals surface area contributed by atoms with Crippen molar-refractivity contribution in [3.8, 4) is 0 Å². The lowest BCUT2D eigenvalue weighted by Gasteiger charge is -2.18. The fourth-order valence-electron chi connectivity index (χ4n) is 3.53. The Morgan fingerprint density at radius 1 is 1.29 bits per heavy atom. The van der Waals surface area contributed by atoms with Gasteiger partial charge in [-0.2, -0.15) is 0 Å². The summed E-state index contributed by atoms with van der Waals surface area (Å²) in [7, 11) is 0. The van der Waals surface area contributed by atoms with Gasteiger partial charge in [-0.15, -0.1) is 0 Å². The van der Waals surface area contributed by atoms with Crippen LogP contribution in [0.2, 0.25) is 0 Å². The Labute approximate surface area is 141 Å². The van der Waals surface area contributed by atoms with Gasteiger partial charge < -0.3 is 15.5 Å². The number of nitrogens with zero attached hydrogens (tertiary/aromatic N) is 1. The second-order valence-electron chi connectivity index (χ2n) is 7.23. The van der Waals surface area contributed by atoms with Crippen LogP contribution in [0.5, 0.6) is 0 Å². The van der Waals surface area contributed by atoms with Gasteiger partial charge in [-0.1, -0.05) is 13.8 Å². The quantitative estimate of drug-likeness (QED) is 0.887. The molecule has 1 aromatic rings. The van der Waals surface area contributed by atoms with Gasteiger partial charge in [0.15, 0.2) is 0 Å². The largest absolute Gasteiger partial charge is 0.338 e. The number of halogens is 1. The number of nitrogens with one attached hydrogen (secondary N) is 2. The number of likely N-dealkylation sites (tertiary alicyclic amines) is 1. The number of carbonyl (C=O) groups is 2. The summed E-state index contributed by atoms with van der Waals surface area (Å²) in [5.41, 5.74) is 0.460. The molecule has 130 valence electrons. The molecule has 2 fully saturated rings. The minimum absolute atomic E-state index is 0.125.